The maximum atomic E-state index is 14.1. The first-order valence-corrected chi connectivity index (χ1v) is 6.29. The first-order chi connectivity index (χ1) is 9.31. The van der Waals surface area contributed by atoms with Crippen LogP contribution in [0.25, 0.3) is 0 Å². The molecule has 0 aromatic heterocycles. The second-order valence-corrected chi connectivity index (χ2v) is 5.27. The highest BCUT2D eigenvalue weighted by Gasteiger charge is 2.29. The zero-order valence-corrected chi connectivity index (χ0v) is 11.4. The van der Waals surface area contributed by atoms with E-state index in [9.17, 15) is 13.2 Å². The Bertz CT molecular complexity index is 618. The van der Waals surface area contributed by atoms with Gasteiger partial charge in [0.05, 0.1) is 0 Å². The lowest BCUT2D eigenvalue weighted by atomic mass is 9.85. The van der Waals surface area contributed by atoms with E-state index in [-0.39, 0.29) is 17.8 Å². The molecule has 0 spiro atoms. The number of benzene rings is 2. The van der Waals surface area contributed by atoms with Crippen molar-refractivity contribution >= 4 is 0 Å². The Kier molecular flexibility index (Phi) is 3.86. The molecule has 1 unspecified atom stereocenters. The van der Waals surface area contributed by atoms with E-state index in [0.29, 0.717) is 5.56 Å². The van der Waals surface area contributed by atoms with Crippen molar-refractivity contribution in [1.82, 2.24) is 0 Å². The quantitative estimate of drug-likeness (QED) is 0.908. The average molecular weight is 279 g/mol. The van der Waals surface area contributed by atoms with Gasteiger partial charge >= 0.3 is 0 Å². The number of halogens is 3. The van der Waals surface area contributed by atoms with Crippen molar-refractivity contribution in [1.29, 1.82) is 0 Å². The standard InChI is InChI=1S/C16H16F3N/c1-10-3-8-13(18)14(15(10)19)16(2,20)9-11-4-6-12(17)7-5-11/h3-8H,9,20H2,1-2H3. The Hall–Kier alpha value is -1.81. The monoisotopic (exact) mass is 279 g/mol. The second kappa shape index (κ2) is 5.29. The van der Waals surface area contributed by atoms with Crippen LogP contribution in [0.5, 0.6) is 0 Å². The van der Waals surface area contributed by atoms with E-state index >= 15 is 0 Å². The van der Waals surface area contributed by atoms with E-state index in [4.69, 9.17) is 5.73 Å². The summed E-state index contributed by atoms with van der Waals surface area (Å²) in [6.45, 7) is 3.13. The second-order valence-electron chi connectivity index (χ2n) is 5.27. The van der Waals surface area contributed by atoms with Crippen molar-refractivity contribution in [3.8, 4) is 0 Å². The summed E-state index contributed by atoms with van der Waals surface area (Å²) >= 11 is 0. The molecule has 0 saturated heterocycles. The van der Waals surface area contributed by atoms with Gasteiger partial charge in [-0.3, -0.25) is 0 Å². The summed E-state index contributed by atoms with van der Waals surface area (Å²) in [6.07, 6.45) is 0.213. The summed E-state index contributed by atoms with van der Waals surface area (Å²) in [6, 6.07) is 8.31. The third kappa shape index (κ3) is 2.85. The fourth-order valence-electron chi connectivity index (χ4n) is 2.29. The molecule has 1 atom stereocenters. The summed E-state index contributed by atoms with van der Waals surface area (Å²) in [4.78, 5) is 0. The largest absolute Gasteiger partial charge is 0.321 e. The number of hydrogen-bond donors (Lipinski definition) is 1. The highest BCUT2D eigenvalue weighted by Crippen LogP contribution is 2.29. The van der Waals surface area contributed by atoms with Crippen molar-refractivity contribution in [2.45, 2.75) is 25.8 Å². The molecule has 2 N–H and O–H groups in total. The van der Waals surface area contributed by atoms with Gasteiger partial charge in [0.25, 0.3) is 0 Å². The number of rotatable bonds is 3. The lowest BCUT2D eigenvalue weighted by Gasteiger charge is -2.27. The third-order valence-electron chi connectivity index (χ3n) is 3.34. The Balaban J connectivity index is 2.40. The highest BCUT2D eigenvalue weighted by molar-refractivity contribution is 5.34. The summed E-state index contributed by atoms with van der Waals surface area (Å²) in [5, 5.41) is 0. The van der Waals surface area contributed by atoms with Crippen LogP contribution in [0, 0.1) is 24.4 Å². The van der Waals surface area contributed by atoms with E-state index in [1.807, 2.05) is 0 Å². The Morgan fingerprint density at radius 1 is 1.00 bits per heavy atom. The van der Waals surface area contributed by atoms with Gasteiger partial charge < -0.3 is 5.73 Å². The topological polar surface area (TPSA) is 26.0 Å². The molecule has 2 aromatic carbocycles. The minimum absolute atomic E-state index is 0.137. The van der Waals surface area contributed by atoms with Crippen molar-refractivity contribution in [3.63, 3.8) is 0 Å². The predicted octanol–water partition coefficient (Wildman–Crippen LogP) is 3.83. The van der Waals surface area contributed by atoms with Gasteiger partial charge in [-0.25, -0.2) is 13.2 Å². The fourth-order valence-corrected chi connectivity index (χ4v) is 2.29. The Labute approximate surface area is 116 Å². The van der Waals surface area contributed by atoms with Gasteiger partial charge in [-0.05, 0) is 49.6 Å². The van der Waals surface area contributed by atoms with E-state index in [2.05, 4.69) is 0 Å². The van der Waals surface area contributed by atoms with Crippen LogP contribution in [0.1, 0.15) is 23.6 Å². The van der Waals surface area contributed by atoms with Crippen LogP contribution in [0.2, 0.25) is 0 Å². The Morgan fingerprint density at radius 3 is 2.20 bits per heavy atom. The Morgan fingerprint density at radius 2 is 1.60 bits per heavy atom. The van der Waals surface area contributed by atoms with Gasteiger partial charge in [-0.1, -0.05) is 18.2 Å². The smallest absolute Gasteiger partial charge is 0.134 e. The molecule has 0 fully saturated rings. The molecular weight excluding hydrogens is 263 g/mol. The maximum Gasteiger partial charge on any atom is 0.134 e. The predicted molar refractivity (Wildman–Crippen MR) is 72.7 cm³/mol. The molecule has 0 aliphatic rings. The van der Waals surface area contributed by atoms with Gasteiger partial charge in [0.15, 0.2) is 0 Å². The van der Waals surface area contributed by atoms with E-state index in [0.717, 1.165) is 5.56 Å². The van der Waals surface area contributed by atoms with Crippen LogP contribution < -0.4 is 5.73 Å². The molecule has 0 saturated carbocycles. The van der Waals surface area contributed by atoms with E-state index in [1.54, 1.807) is 26.0 Å². The van der Waals surface area contributed by atoms with Crippen molar-refractivity contribution in [2.24, 2.45) is 5.73 Å². The molecule has 0 heterocycles. The molecule has 20 heavy (non-hydrogen) atoms. The van der Waals surface area contributed by atoms with E-state index < -0.39 is 17.2 Å². The van der Waals surface area contributed by atoms with Gasteiger partial charge in [0.1, 0.15) is 17.5 Å². The van der Waals surface area contributed by atoms with Gasteiger partial charge in [-0.2, -0.15) is 0 Å². The first kappa shape index (κ1) is 14.6. The molecule has 1 nitrogen and oxygen atoms in total. The van der Waals surface area contributed by atoms with Gasteiger partial charge in [-0.15, -0.1) is 0 Å². The molecule has 4 heteroatoms. The van der Waals surface area contributed by atoms with Crippen LogP contribution in [0.4, 0.5) is 13.2 Å². The zero-order chi connectivity index (χ0) is 14.9. The van der Waals surface area contributed by atoms with Gasteiger partial charge in [0, 0.05) is 11.1 Å². The highest BCUT2D eigenvalue weighted by atomic mass is 19.1. The normalized spacial score (nSPS) is 14.1. The minimum Gasteiger partial charge on any atom is -0.321 e. The molecule has 2 rings (SSSR count). The molecule has 0 bridgehead atoms. The lowest BCUT2D eigenvalue weighted by Crippen LogP contribution is -2.37. The van der Waals surface area contributed by atoms with Crippen LogP contribution >= 0.6 is 0 Å². The summed E-state index contributed by atoms with van der Waals surface area (Å²) in [5.41, 5.74) is 5.82. The molecule has 0 amide bonds. The summed E-state index contributed by atoms with van der Waals surface area (Å²) in [7, 11) is 0. The lowest BCUT2D eigenvalue weighted by molar-refractivity contribution is 0.423. The number of hydrogen-bond acceptors (Lipinski definition) is 1. The van der Waals surface area contributed by atoms with Crippen LogP contribution in [-0.4, -0.2) is 0 Å². The molecule has 2 aromatic rings. The average Bonchev–Trinajstić information content (AvgIpc) is 2.37. The molecular formula is C16H16F3N. The zero-order valence-electron chi connectivity index (χ0n) is 11.4. The first-order valence-electron chi connectivity index (χ1n) is 6.29. The number of aryl methyl sites for hydroxylation is 1. The summed E-state index contributed by atoms with van der Waals surface area (Å²) < 4.78 is 40.9. The van der Waals surface area contributed by atoms with Crippen LogP contribution in [0.3, 0.4) is 0 Å². The SMILES string of the molecule is Cc1ccc(F)c(C(C)(N)Cc2ccc(F)cc2)c1F. The van der Waals surface area contributed by atoms with Crippen molar-refractivity contribution < 1.29 is 13.2 Å². The third-order valence-corrected chi connectivity index (χ3v) is 3.34. The van der Waals surface area contributed by atoms with Crippen molar-refractivity contribution in [3.05, 3.63) is 70.5 Å². The maximum absolute atomic E-state index is 14.1. The molecule has 0 aliphatic carbocycles. The van der Waals surface area contributed by atoms with Crippen LogP contribution in [-0.2, 0) is 12.0 Å². The fraction of sp³-hybridized carbons (Fsp3) is 0.250. The molecule has 106 valence electrons. The summed E-state index contributed by atoms with van der Waals surface area (Å²) in [5.74, 6) is -1.65. The van der Waals surface area contributed by atoms with Crippen LogP contribution in [0.15, 0.2) is 36.4 Å². The van der Waals surface area contributed by atoms with Gasteiger partial charge in [0.2, 0.25) is 0 Å². The molecule has 0 radical (unpaired) electrons. The van der Waals surface area contributed by atoms with Crippen molar-refractivity contribution in [2.75, 3.05) is 0 Å². The minimum atomic E-state index is -1.21. The number of nitrogens with two attached hydrogens (primary N) is 1. The van der Waals surface area contributed by atoms with E-state index in [1.165, 1.54) is 24.3 Å². The molecule has 0 aliphatic heterocycles.